The van der Waals surface area contributed by atoms with E-state index in [1.54, 1.807) is 16.8 Å². The molecule has 0 fully saturated rings. The van der Waals surface area contributed by atoms with Crippen molar-refractivity contribution in [3.05, 3.63) is 94.2 Å². The molecule has 0 saturated heterocycles. The number of benzene rings is 2. The Hall–Kier alpha value is -3.58. The van der Waals surface area contributed by atoms with Gasteiger partial charge in [0, 0.05) is 5.02 Å². The van der Waals surface area contributed by atoms with Crippen molar-refractivity contribution < 1.29 is 13.9 Å². The van der Waals surface area contributed by atoms with E-state index in [0.717, 1.165) is 24.2 Å². The number of nitrogens with zero attached hydrogens (tertiary/aromatic N) is 3. The molecule has 32 heavy (non-hydrogen) atoms. The number of aromatic nitrogens is 3. The van der Waals surface area contributed by atoms with Crippen LogP contribution in [-0.2, 0) is 26.0 Å². The molecule has 2 aromatic carbocycles. The van der Waals surface area contributed by atoms with Crippen LogP contribution in [0.15, 0.2) is 65.3 Å². The molecule has 0 radical (unpaired) electrons. The molecule has 2 aromatic heterocycles. The highest BCUT2D eigenvalue weighted by molar-refractivity contribution is 6.31. The number of rotatable bonds is 7. The molecule has 8 heteroatoms. The summed E-state index contributed by atoms with van der Waals surface area (Å²) < 4.78 is 13.1. The molecule has 162 valence electrons. The largest absolute Gasteiger partial charge is 0.486 e. The van der Waals surface area contributed by atoms with Gasteiger partial charge in [-0.25, -0.2) is 9.67 Å². The van der Waals surface area contributed by atoms with Crippen LogP contribution in [0.25, 0.3) is 0 Å². The number of halogens is 1. The Labute approximate surface area is 190 Å². The molecule has 5 rings (SSSR count). The molecule has 0 bridgehead atoms. The molecule has 1 amide bonds. The van der Waals surface area contributed by atoms with E-state index in [1.165, 1.54) is 23.9 Å². The number of furan rings is 1. The smallest absolute Gasteiger partial charge is 0.293 e. The minimum atomic E-state index is -0.427. The fraction of sp³-hybridized carbons (Fsp3) is 0.208. The van der Waals surface area contributed by atoms with Gasteiger partial charge in [-0.2, -0.15) is 0 Å². The van der Waals surface area contributed by atoms with Gasteiger partial charge in [0.25, 0.3) is 5.91 Å². The highest BCUT2D eigenvalue weighted by atomic mass is 35.5. The average Bonchev–Trinajstić information content (AvgIpc) is 3.54. The van der Waals surface area contributed by atoms with Gasteiger partial charge in [-0.3, -0.25) is 10.1 Å². The SMILES string of the molecule is O=C(Nc1ncn(Cc2ccccc2Cl)n1)c1ccc(COc2ccc3c(c2)CCC3)o1. The maximum Gasteiger partial charge on any atom is 0.293 e. The van der Waals surface area contributed by atoms with Gasteiger partial charge in [0.1, 0.15) is 24.4 Å². The number of aryl methyl sites for hydroxylation is 2. The van der Waals surface area contributed by atoms with E-state index in [2.05, 4.69) is 27.5 Å². The molecule has 4 aromatic rings. The molecule has 1 N–H and O–H groups in total. The monoisotopic (exact) mass is 448 g/mol. The summed E-state index contributed by atoms with van der Waals surface area (Å²) in [5.41, 5.74) is 3.66. The molecule has 0 unspecified atom stereocenters. The van der Waals surface area contributed by atoms with Crippen LogP contribution < -0.4 is 10.1 Å². The molecule has 0 aliphatic heterocycles. The number of hydrogen-bond acceptors (Lipinski definition) is 5. The first-order valence-corrected chi connectivity index (χ1v) is 10.8. The van der Waals surface area contributed by atoms with Gasteiger partial charge in [-0.05, 0) is 66.3 Å². The predicted molar refractivity (Wildman–Crippen MR) is 120 cm³/mol. The number of anilines is 1. The van der Waals surface area contributed by atoms with E-state index in [0.29, 0.717) is 17.3 Å². The van der Waals surface area contributed by atoms with Gasteiger partial charge in [-0.1, -0.05) is 35.9 Å². The summed E-state index contributed by atoms with van der Waals surface area (Å²) in [5, 5.41) is 7.57. The molecular formula is C24H21ClN4O3. The van der Waals surface area contributed by atoms with Crippen LogP contribution in [0.2, 0.25) is 5.02 Å². The summed E-state index contributed by atoms with van der Waals surface area (Å²) in [4.78, 5) is 16.6. The summed E-state index contributed by atoms with van der Waals surface area (Å²) >= 11 is 6.18. The zero-order valence-corrected chi connectivity index (χ0v) is 18.0. The Morgan fingerprint density at radius 1 is 1.12 bits per heavy atom. The lowest BCUT2D eigenvalue weighted by atomic mass is 10.1. The Bertz CT molecular complexity index is 1260. The van der Waals surface area contributed by atoms with Crippen molar-refractivity contribution in [3.63, 3.8) is 0 Å². The second-order valence-electron chi connectivity index (χ2n) is 7.65. The molecular weight excluding hydrogens is 428 g/mol. The first-order valence-electron chi connectivity index (χ1n) is 10.4. The molecule has 0 spiro atoms. The maximum atomic E-state index is 12.5. The number of nitrogens with one attached hydrogen (secondary N) is 1. The first kappa shape index (κ1) is 20.3. The highest BCUT2D eigenvalue weighted by Crippen LogP contribution is 2.26. The number of ether oxygens (including phenoxy) is 1. The van der Waals surface area contributed by atoms with E-state index >= 15 is 0 Å². The minimum absolute atomic E-state index is 0.167. The zero-order chi connectivity index (χ0) is 21.9. The van der Waals surface area contributed by atoms with Crippen molar-refractivity contribution in [2.75, 3.05) is 5.32 Å². The van der Waals surface area contributed by atoms with Crippen LogP contribution in [-0.4, -0.2) is 20.7 Å². The van der Waals surface area contributed by atoms with E-state index < -0.39 is 5.91 Å². The Morgan fingerprint density at radius 2 is 2.00 bits per heavy atom. The average molecular weight is 449 g/mol. The summed E-state index contributed by atoms with van der Waals surface area (Å²) in [7, 11) is 0. The third-order valence-corrected chi connectivity index (χ3v) is 5.76. The van der Waals surface area contributed by atoms with E-state index in [4.69, 9.17) is 20.8 Å². The molecule has 2 heterocycles. The summed E-state index contributed by atoms with van der Waals surface area (Å²) in [6, 6.07) is 17.0. The molecule has 1 aliphatic rings. The normalized spacial score (nSPS) is 12.5. The lowest BCUT2D eigenvalue weighted by molar-refractivity contribution is 0.0991. The molecule has 1 aliphatic carbocycles. The van der Waals surface area contributed by atoms with E-state index in [9.17, 15) is 4.79 Å². The van der Waals surface area contributed by atoms with Gasteiger partial charge in [0.15, 0.2) is 5.76 Å². The van der Waals surface area contributed by atoms with Crippen LogP contribution in [0.4, 0.5) is 5.95 Å². The summed E-state index contributed by atoms with van der Waals surface area (Å²) in [6.45, 7) is 0.699. The van der Waals surface area contributed by atoms with E-state index in [-0.39, 0.29) is 18.3 Å². The third kappa shape index (κ3) is 4.53. The van der Waals surface area contributed by atoms with Gasteiger partial charge in [0.05, 0.1) is 6.54 Å². The fourth-order valence-corrected chi connectivity index (χ4v) is 3.96. The van der Waals surface area contributed by atoms with E-state index in [1.807, 2.05) is 30.3 Å². The van der Waals surface area contributed by atoms with Crippen molar-refractivity contribution in [2.45, 2.75) is 32.4 Å². The van der Waals surface area contributed by atoms with Crippen molar-refractivity contribution in [3.8, 4) is 5.75 Å². The van der Waals surface area contributed by atoms with Gasteiger partial charge in [-0.15, -0.1) is 5.10 Å². The van der Waals surface area contributed by atoms with Crippen LogP contribution >= 0.6 is 11.6 Å². The quantitative estimate of drug-likeness (QED) is 0.435. The van der Waals surface area contributed by atoms with Crippen molar-refractivity contribution in [2.24, 2.45) is 0 Å². The highest BCUT2D eigenvalue weighted by Gasteiger charge is 2.15. The second-order valence-corrected chi connectivity index (χ2v) is 8.06. The van der Waals surface area contributed by atoms with Gasteiger partial charge in [0.2, 0.25) is 5.95 Å². The topological polar surface area (TPSA) is 82.2 Å². The Balaban J connectivity index is 1.17. The number of carbonyl (C=O) groups excluding carboxylic acids is 1. The summed E-state index contributed by atoms with van der Waals surface area (Å²) in [5.74, 6) is 1.30. The lowest BCUT2D eigenvalue weighted by Gasteiger charge is -2.06. The first-order chi connectivity index (χ1) is 15.6. The zero-order valence-electron chi connectivity index (χ0n) is 17.3. The molecule has 7 nitrogen and oxygen atoms in total. The third-order valence-electron chi connectivity index (χ3n) is 5.39. The standard InChI is InChI=1S/C24H21ClN4O3/c25-21-7-2-1-4-18(21)13-29-15-26-24(28-29)27-23(30)22-11-10-20(32-22)14-31-19-9-8-16-5-3-6-17(16)12-19/h1-2,4,7-12,15H,3,5-6,13-14H2,(H,27,28,30). The van der Waals surface area contributed by atoms with Crippen molar-refractivity contribution in [1.29, 1.82) is 0 Å². The van der Waals surface area contributed by atoms with Gasteiger partial charge >= 0.3 is 0 Å². The maximum absolute atomic E-state index is 12.5. The molecule has 0 atom stereocenters. The Morgan fingerprint density at radius 3 is 2.91 bits per heavy atom. The van der Waals surface area contributed by atoms with Gasteiger partial charge < -0.3 is 9.15 Å². The number of fused-ring (bicyclic) bond motifs is 1. The lowest BCUT2D eigenvalue weighted by Crippen LogP contribution is -2.12. The van der Waals surface area contributed by atoms with Crippen LogP contribution in [0, 0.1) is 0 Å². The number of carbonyl (C=O) groups is 1. The number of amides is 1. The summed E-state index contributed by atoms with van der Waals surface area (Å²) in [6.07, 6.45) is 4.97. The van der Waals surface area contributed by atoms with Crippen molar-refractivity contribution in [1.82, 2.24) is 14.8 Å². The fourth-order valence-electron chi connectivity index (χ4n) is 3.76. The van der Waals surface area contributed by atoms with Crippen molar-refractivity contribution >= 4 is 23.5 Å². The second kappa shape index (κ2) is 8.88. The minimum Gasteiger partial charge on any atom is -0.486 e. The van der Waals surface area contributed by atoms with Crippen LogP contribution in [0.1, 0.15) is 39.4 Å². The predicted octanol–water partition coefficient (Wildman–Crippen LogP) is 4.89. The molecule has 0 saturated carbocycles. The number of hydrogen-bond donors (Lipinski definition) is 1. The van der Waals surface area contributed by atoms with Crippen LogP contribution in [0.5, 0.6) is 5.75 Å². The van der Waals surface area contributed by atoms with Crippen LogP contribution in [0.3, 0.4) is 0 Å². The Kier molecular flexibility index (Phi) is 5.64.